The molecule has 2 N–H and O–H groups in total. The maximum absolute atomic E-state index is 14.6. The summed E-state index contributed by atoms with van der Waals surface area (Å²) in [7, 11) is 3.49. The predicted molar refractivity (Wildman–Crippen MR) is 119 cm³/mol. The fourth-order valence-corrected chi connectivity index (χ4v) is 3.44. The van der Waals surface area contributed by atoms with Gasteiger partial charge in [0, 0.05) is 31.1 Å². The summed E-state index contributed by atoms with van der Waals surface area (Å²) in [5.74, 6) is -9.02. The van der Waals surface area contributed by atoms with E-state index in [9.17, 15) is 23.8 Å². The minimum Gasteiger partial charge on any atom is -0.464 e. The van der Waals surface area contributed by atoms with Crippen LogP contribution >= 0.6 is 0 Å². The van der Waals surface area contributed by atoms with Gasteiger partial charge in [0.25, 0.3) is 0 Å². The van der Waals surface area contributed by atoms with E-state index in [1.54, 1.807) is 58.1 Å². The van der Waals surface area contributed by atoms with E-state index in [1.807, 2.05) is 4.90 Å². The van der Waals surface area contributed by atoms with Crippen molar-refractivity contribution in [3.8, 4) is 5.75 Å². The Labute approximate surface area is 190 Å². The first kappa shape index (κ1) is 24.7. The molecule has 0 spiro atoms. The number of anilines is 1. The molecule has 2 aliphatic heterocycles. The highest BCUT2D eigenvalue weighted by molar-refractivity contribution is 5.84. The number of nitrogens with zero attached hydrogens (tertiary/aromatic N) is 4. The van der Waals surface area contributed by atoms with Crippen LogP contribution in [-0.4, -0.2) is 77.9 Å². The SMILES string of the molecule is CCOC(=O)C(C)(C)N(C)c1ccc(OC2(O)C(F)=CN=CC2(O)F)c(C2N=CCN2C)c1. The van der Waals surface area contributed by atoms with Crippen LogP contribution in [0.3, 0.4) is 0 Å². The number of hydrogen-bond donors (Lipinski definition) is 2. The molecule has 1 aromatic carbocycles. The lowest BCUT2D eigenvalue weighted by molar-refractivity contribution is -0.262. The number of aliphatic imine (C=N–C) groups is 2. The third kappa shape index (κ3) is 4.35. The van der Waals surface area contributed by atoms with E-state index in [1.165, 1.54) is 6.07 Å². The number of hydrogen-bond acceptors (Lipinski definition) is 9. The molecule has 3 unspecified atom stereocenters. The van der Waals surface area contributed by atoms with Crippen molar-refractivity contribution < 1.29 is 33.3 Å². The first-order chi connectivity index (χ1) is 15.3. The maximum Gasteiger partial charge on any atom is 0.331 e. The molecule has 11 heteroatoms. The highest BCUT2D eigenvalue weighted by Crippen LogP contribution is 2.41. The summed E-state index contributed by atoms with van der Waals surface area (Å²) < 4.78 is 39.5. The van der Waals surface area contributed by atoms with Crippen molar-refractivity contribution in [2.24, 2.45) is 9.98 Å². The van der Waals surface area contributed by atoms with Gasteiger partial charge >= 0.3 is 17.6 Å². The van der Waals surface area contributed by atoms with Crippen molar-refractivity contribution in [3.05, 3.63) is 35.8 Å². The van der Waals surface area contributed by atoms with E-state index < -0.39 is 35.1 Å². The lowest BCUT2D eigenvalue weighted by atomic mass is 10.0. The van der Waals surface area contributed by atoms with Gasteiger partial charge in [-0.3, -0.25) is 14.9 Å². The van der Waals surface area contributed by atoms with Crippen LogP contribution in [0.4, 0.5) is 14.5 Å². The number of esters is 1. The second-order valence-corrected chi connectivity index (χ2v) is 8.38. The molecule has 0 bridgehead atoms. The Balaban J connectivity index is 2.06. The second kappa shape index (κ2) is 8.81. The summed E-state index contributed by atoms with van der Waals surface area (Å²) in [6.45, 7) is 5.84. The Morgan fingerprint density at radius 1 is 1.39 bits per heavy atom. The van der Waals surface area contributed by atoms with E-state index in [0.717, 1.165) is 0 Å². The van der Waals surface area contributed by atoms with Crippen LogP contribution in [0.25, 0.3) is 0 Å². The zero-order valence-electron chi connectivity index (χ0n) is 19.1. The summed E-state index contributed by atoms with van der Waals surface area (Å²) in [6, 6.07) is 4.58. The number of rotatable bonds is 7. The van der Waals surface area contributed by atoms with Crippen molar-refractivity contribution in [1.82, 2.24) is 4.90 Å². The molecule has 33 heavy (non-hydrogen) atoms. The summed E-state index contributed by atoms with van der Waals surface area (Å²) in [6.07, 6.45) is 1.97. The standard InChI is InChI=1S/C22H28F2N4O5/c1-6-32-19(29)20(2,3)28(5)14-7-8-16(15(11-14)18-26-9-10-27(18)4)33-22(31)17(23)12-25-13-21(22,24)30/h7-9,11-13,18,30-31H,6,10H2,1-5H3. The van der Waals surface area contributed by atoms with Crippen LogP contribution in [0.15, 0.2) is 40.2 Å². The van der Waals surface area contributed by atoms with Gasteiger partial charge in [-0.1, -0.05) is 0 Å². The van der Waals surface area contributed by atoms with Crippen LogP contribution in [-0.2, 0) is 9.53 Å². The molecule has 3 rings (SSSR count). The van der Waals surface area contributed by atoms with Crippen molar-refractivity contribution in [2.75, 3.05) is 32.1 Å². The van der Waals surface area contributed by atoms with Crippen molar-refractivity contribution in [3.63, 3.8) is 0 Å². The Bertz CT molecular complexity index is 1010. The molecule has 0 aliphatic carbocycles. The molecule has 180 valence electrons. The molecule has 0 aromatic heterocycles. The molecule has 2 aliphatic rings. The van der Waals surface area contributed by atoms with Gasteiger partial charge in [0.2, 0.25) is 0 Å². The van der Waals surface area contributed by atoms with Gasteiger partial charge in [-0.15, -0.1) is 0 Å². The van der Waals surface area contributed by atoms with Crippen LogP contribution in [0.5, 0.6) is 5.75 Å². The molecule has 0 fully saturated rings. The first-order valence-electron chi connectivity index (χ1n) is 10.3. The molecule has 2 heterocycles. The number of benzene rings is 1. The average Bonchev–Trinajstić information content (AvgIpc) is 3.17. The number of carbonyl (C=O) groups is 1. The van der Waals surface area contributed by atoms with Gasteiger partial charge in [0.05, 0.1) is 19.0 Å². The molecule has 0 saturated heterocycles. The molecular weight excluding hydrogens is 438 g/mol. The largest absolute Gasteiger partial charge is 0.464 e. The minimum absolute atomic E-state index is 0.116. The number of halogens is 2. The molecule has 0 amide bonds. The van der Waals surface area contributed by atoms with Crippen LogP contribution in [0.1, 0.15) is 32.5 Å². The monoisotopic (exact) mass is 466 g/mol. The second-order valence-electron chi connectivity index (χ2n) is 8.38. The zero-order valence-corrected chi connectivity index (χ0v) is 19.1. The topological polar surface area (TPSA) is 107 Å². The molecule has 3 atom stereocenters. The number of carbonyl (C=O) groups excluding carboxylic acids is 1. The number of ether oxygens (including phenoxy) is 2. The van der Waals surface area contributed by atoms with Crippen molar-refractivity contribution in [2.45, 2.75) is 44.1 Å². The first-order valence-corrected chi connectivity index (χ1v) is 10.3. The van der Waals surface area contributed by atoms with E-state index in [2.05, 4.69) is 9.98 Å². The predicted octanol–water partition coefficient (Wildman–Crippen LogP) is 2.10. The van der Waals surface area contributed by atoms with Gasteiger partial charge in [-0.25, -0.2) is 9.18 Å². The normalized spacial score (nSPS) is 27.4. The summed E-state index contributed by atoms with van der Waals surface area (Å²) >= 11 is 0. The molecule has 9 nitrogen and oxygen atoms in total. The lowest BCUT2D eigenvalue weighted by Gasteiger charge is -2.37. The number of aliphatic hydroxyl groups is 2. The van der Waals surface area contributed by atoms with Crippen molar-refractivity contribution >= 4 is 24.1 Å². The molecular formula is C22H28F2N4O5. The van der Waals surface area contributed by atoms with Crippen molar-refractivity contribution in [1.29, 1.82) is 0 Å². The Kier molecular flexibility index (Phi) is 6.60. The van der Waals surface area contributed by atoms with Gasteiger partial charge in [0.1, 0.15) is 17.5 Å². The van der Waals surface area contributed by atoms with Gasteiger partial charge in [-0.05, 0) is 46.0 Å². The minimum atomic E-state index is -3.62. The molecule has 1 aromatic rings. The Hall–Kier alpha value is -2.89. The van der Waals surface area contributed by atoms with Gasteiger partial charge < -0.3 is 24.6 Å². The Morgan fingerprint density at radius 2 is 2.09 bits per heavy atom. The summed E-state index contributed by atoms with van der Waals surface area (Å²) in [4.78, 5) is 23.6. The average molecular weight is 466 g/mol. The number of alkyl halides is 1. The smallest absolute Gasteiger partial charge is 0.331 e. The molecule has 0 saturated carbocycles. The fraction of sp³-hybridized carbons (Fsp3) is 0.500. The zero-order chi connectivity index (χ0) is 24.6. The summed E-state index contributed by atoms with van der Waals surface area (Å²) in [5.41, 5.74) is -0.114. The maximum atomic E-state index is 14.6. The van der Waals surface area contributed by atoms with Gasteiger partial charge in [0.15, 0.2) is 5.83 Å². The highest BCUT2D eigenvalue weighted by Gasteiger charge is 2.58. The van der Waals surface area contributed by atoms with Gasteiger partial charge in [-0.2, -0.15) is 4.39 Å². The quantitative estimate of drug-likeness (QED) is 0.468. The van der Waals surface area contributed by atoms with E-state index in [-0.39, 0.29) is 12.4 Å². The van der Waals surface area contributed by atoms with Crippen LogP contribution in [0.2, 0.25) is 0 Å². The fourth-order valence-electron chi connectivity index (χ4n) is 3.44. The third-order valence-electron chi connectivity index (χ3n) is 5.80. The molecule has 0 radical (unpaired) electrons. The van der Waals surface area contributed by atoms with E-state index in [0.29, 0.717) is 30.2 Å². The number of likely N-dealkylation sites (N-methyl/N-ethyl adjacent to an activating group) is 1. The van der Waals surface area contributed by atoms with E-state index >= 15 is 0 Å². The van der Waals surface area contributed by atoms with Crippen LogP contribution < -0.4 is 9.64 Å². The lowest BCUT2D eigenvalue weighted by Crippen LogP contribution is -2.58. The van der Waals surface area contributed by atoms with Crippen LogP contribution in [0, 0.1) is 0 Å². The highest BCUT2D eigenvalue weighted by atomic mass is 19.2. The Morgan fingerprint density at radius 3 is 2.67 bits per heavy atom. The third-order valence-corrected chi connectivity index (χ3v) is 5.80. The summed E-state index contributed by atoms with van der Waals surface area (Å²) in [5, 5.41) is 20.5. The van der Waals surface area contributed by atoms with E-state index in [4.69, 9.17) is 9.47 Å².